The van der Waals surface area contributed by atoms with Gasteiger partial charge >= 0.3 is 6.61 Å². The van der Waals surface area contributed by atoms with Gasteiger partial charge in [0.2, 0.25) is 0 Å². The van der Waals surface area contributed by atoms with E-state index >= 15 is 0 Å². The third-order valence-corrected chi connectivity index (χ3v) is 3.38. The summed E-state index contributed by atoms with van der Waals surface area (Å²) in [7, 11) is -2.91. The van der Waals surface area contributed by atoms with Crippen LogP contribution in [0.25, 0.3) is 0 Å². The molecule has 108 valence electrons. The Kier molecular flexibility index (Phi) is 6.17. The second kappa shape index (κ2) is 7.40. The Labute approximate surface area is 111 Å². The van der Waals surface area contributed by atoms with Gasteiger partial charge in [0.05, 0.1) is 5.75 Å². The maximum Gasteiger partial charge on any atom is 0.387 e. The van der Waals surface area contributed by atoms with Crippen molar-refractivity contribution >= 4 is 9.84 Å². The lowest BCUT2D eigenvalue weighted by molar-refractivity contribution is -0.0498. The Morgan fingerprint density at radius 2 is 1.89 bits per heavy atom. The molecule has 0 bridgehead atoms. The van der Waals surface area contributed by atoms with Gasteiger partial charge in [-0.15, -0.1) is 0 Å². The van der Waals surface area contributed by atoms with Gasteiger partial charge in [0.15, 0.2) is 0 Å². The first-order chi connectivity index (χ1) is 8.87. The first-order valence-corrected chi connectivity index (χ1v) is 7.85. The number of alkyl halides is 2. The first kappa shape index (κ1) is 15.8. The Morgan fingerprint density at radius 3 is 2.42 bits per heavy atom. The fraction of sp³-hybridized carbons (Fsp3) is 0.500. The van der Waals surface area contributed by atoms with Gasteiger partial charge in [-0.25, -0.2) is 8.42 Å². The van der Waals surface area contributed by atoms with Crippen LogP contribution in [0, 0.1) is 0 Å². The Balaban J connectivity index is 2.26. The van der Waals surface area contributed by atoms with E-state index in [1.54, 1.807) is 12.1 Å². The average molecular weight is 293 g/mol. The number of sulfone groups is 1. The van der Waals surface area contributed by atoms with Crippen molar-refractivity contribution in [3.05, 3.63) is 29.8 Å². The highest BCUT2D eigenvalue weighted by atomic mass is 32.2. The molecule has 0 fully saturated rings. The van der Waals surface area contributed by atoms with Crippen molar-refractivity contribution < 1.29 is 21.9 Å². The predicted molar refractivity (Wildman–Crippen MR) is 69.1 cm³/mol. The van der Waals surface area contributed by atoms with Crippen LogP contribution in [0.3, 0.4) is 0 Å². The quantitative estimate of drug-likeness (QED) is 0.743. The zero-order valence-electron chi connectivity index (χ0n) is 10.6. The lowest BCUT2D eigenvalue weighted by atomic mass is 10.2. The van der Waals surface area contributed by atoms with Gasteiger partial charge in [0.1, 0.15) is 15.6 Å². The molecule has 0 radical (unpaired) electrons. The molecule has 0 aliphatic rings. The Hall–Kier alpha value is -1.21. The summed E-state index contributed by atoms with van der Waals surface area (Å²) in [5.74, 6) is 0.275. The van der Waals surface area contributed by atoms with E-state index in [0.717, 1.165) is 5.56 Å². The van der Waals surface area contributed by atoms with Crippen molar-refractivity contribution in [3.63, 3.8) is 0 Å². The summed E-state index contributed by atoms with van der Waals surface area (Å²) in [5.41, 5.74) is 0.918. The van der Waals surface area contributed by atoms with Gasteiger partial charge in [-0.3, -0.25) is 0 Å². The SMILES string of the molecule is CS(=O)(=O)CCCNCc1ccc(OC(F)F)cc1. The third-order valence-electron chi connectivity index (χ3n) is 2.35. The fourth-order valence-corrected chi connectivity index (χ4v) is 2.15. The summed E-state index contributed by atoms with van der Waals surface area (Å²) >= 11 is 0. The minimum absolute atomic E-state index is 0.121. The molecular formula is C12H17F2NO3S. The number of hydrogen-bond donors (Lipinski definition) is 1. The summed E-state index contributed by atoms with van der Waals surface area (Å²) in [5, 5.41) is 3.08. The molecule has 0 atom stereocenters. The van der Waals surface area contributed by atoms with Gasteiger partial charge in [-0.2, -0.15) is 8.78 Å². The van der Waals surface area contributed by atoms with Crippen LogP contribution >= 0.6 is 0 Å². The van der Waals surface area contributed by atoms with E-state index in [1.807, 2.05) is 0 Å². The molecule has 0 saturated heterocycles. The molecule has 0 spiro atoms. The predicted octanol–water partition coefficient (Wildman–Crippen LogP) is 1.81. The standard InChI is InChI=1S/C12H17F2NO3S/c1-19(16,17)8-2-7-15-9-10-3-5-11(6-4-10)18-12(13)14/h3-6,12,15H,2,7-9H2,1H3. The van der Waals surface area contributed by atoms with Crippen molar-refractivity contribution in [3.8, 4) is 5.75 Å². The number of rotatable bonds is 8. The van der Waals surface area contributed by atoms with Crippen molar-refractivity contribution in [2.24, 2.45) is 0 Å². The Morgan fingerprint density at radius 1 is 1.26 bits per heavy atom. The van der Waals surface area contributed by atoms with Crippen LogP contribution in [0.4, 0.5) is 8.78 Å². The number of ether oxygens (including phenoxy) is 1. The smallest absolute Gasteiger partial charge is 0.387 e. The average Bonchev–Trinajstić information content (AvgIpc) is 2.28. The molecule has 0 aromatic heterocycles. The highest BCUT2D eigenvalue weighted by Crippen LogP contribution is 2.14. The van der Waals surface area contributed by atoms with Gasteiger partial charge in [0.25, 0.3) is 0 Å². The highest BCUT2D eigenvalue weighted by Gasteiger charge is 2.04. The minimum atomic E-state index is -2.91. The van der Waals surface area contributed by atoms with Crippen molar-refractivity contribution in [2.45, 2.75) is 19.6 Å². The van der Waals surface area contributed by atoms with E-state index in [-0.39, 0.29) is 11.5 Å². The monoisotopic (exact) mass is 293 g/mol. The molecule has 0 aliphatic carbocycles. The lowest BCUT2D eigenvalue weighted by Gasteiger charge is -2.07. The molecule has 19 heavy (non-hydrogen) atoms. The second-order valence-corrected chi connectivity index (χ2v) is 6.44. The van der Waals surface area contributed by atoms with Crippen molar-refractivity contribution in [2.75, 3.05) is 18.6 Å². The van der Waals surface area contributed by atoms with Gasteiger partial charge in [-0.1, -0.05) is 12.1 Å². The van der Waals surface area contributed by atoms with E-state index in [4.69, 9.17) is 0 Å². The molecule has 0 amide bonds. The normalized spacial score (nSPS) is 11.8. The zero-order chi connectivity index (χ0) is 14.3. The van der Waals surface area contributed by atoms with E-state index < -0.39 is 16.4 Å². The topological polar surface area (TPSA) is 55.4 Å². The lowest BCUT2D eigenvalue weighted by Crippen LogP contribution is -2.17. The maximum absolute atomic E-state index is 11.9. The molecule has 0 aliphatic heterocycles. The zero-order valence-corrected chi connectivity index (χ0v) is 11.4. The van der Waals surface area contributed by atoms with Gasteiger partial charge in [0, 0.05) is 12.8 Å². The molecule has 1 N–H and O–H groups in total. The van der Waals surface area contributed by atoms with E-state index in [1.165, 1.54) is 18.4 Å². The van der Waals surface area contributed by atoms with Crippen LogP contribution < -0.4 is 10.1 Å². The fourth-order valence-electron chi connectivity index (χ4n) is 1.48. The van der Waals surface area contributed by atoms with Crippen LogP contribution in [0.2, 0.25) is 0 Å². The van der Waals surface area contributed by atoms with E-state index in [0.29, 0.717) is 19.5 Å². The molecule has 1 aromatic rings. The van der Waals surface area contributed by atoms with Gasteiger partial charge in [-0.05, 0) is 30.7 Å². The highest BCUT2D eigenvalue weighted by molar-refractivity contribution is 7.90. The van der Waals surface area contributed by atoms with Gasteiger partial charge < -0.3 is 10.1 Å². The minimum Gasteiger partial charge on any atom is -0.435 e. The summed E-state index contributed by atoms with van der Waals surface area (Å²) in [6.07, 6.45) is 1.75. The first-order valence-electron chi connectivity index (χ1n) is 5.79. The largest absolute Gasteiger partial charge is 0.435 e. The van der Waals surface area contributed by atoms with Crippen LogP contribution in [-0.2, 0) is 16.4 Å². The molecule has 1 rings (SSSR count). The number of benzene rings is 1. The number of hydrogen-bond acceptors (Lipinski definition) is 4. The van der Waals surface area contributed by atoms with Crippen LogP contribution in [0.5, 0.6) is 5.75 Å². The summed E-state index contributed by atoms with van der Waals surface area (Å²) in [6.45, 7) is -1.68. The molecule has 0 saturated carbocycles. The molecular weight excluding hydrogens is 276 g/mol. The Bertz CT molecular complexity index is 474. The maximum atomic E-state index is 11.9. The molecule has 1 aromatic carbocycles. The summed E-state index contributed by atoms with van der Waals surface area (Å²) in [6, 6.07) is 6.31. The van der Waals surface area contributed by atoms with Crippen molar-refractivity contribution in [1.82, 2.24) is 5.32 Å². The van der Waals surface area contributed by atoms with E-state index in [9.17, 15) is 17.2 Å². The van der Waals surface area contributed by atoms with E-state index in [2.05, 4.69) is 10.1 Å². The van der Waals surface area contributed by atoms with Crippen LogP contribution in [0.15, 0.2) is 24.3 Å². The summed E-state index contributed by atoms with van der Waals surface area (Å²) in [4.78, 5) is 0. The second-order valence-electron chi connectivity index (χ2n) is 4.18. The molecule has 0 unspecified atom stereocenters. The molecule has 4 nitrogen and oxygen atoms in total. The summed E-state index contributed by atoms with van der Waals surface area (Å²) < 4.78 is 49.8. The van der Waals surface area contributed by atoms with Crippen LogP contribution in [0.1, 0.15) is 12.0 Å². The van der Waals surface area contributed by atoms with Crippen molar-refractivity contribution in [1.29, 1.82) is 0 Å². The third kappa shape index (κ3) is 7.74. The number of halogens is 2. The molecule has 7 heteroatoms. The van der Waals surface area contributed by atoms with Crippen LogP contribution in [-0.4, -0.2) is 33.6 Å². The number of nitrogens with one attached hydrogen (secondary N) is 1. The molecule has 0 heterocycles.